The Morgan fingerprint density at radius 1 is 1.36 bits per heavy atom. The fourth-order valence-corrected chi connectivity index (χ4v) is 2.48. The third kappa shape index (κ3) is 4.36. The van der Waals surface area contributed by atoms with Crippen LogP contribution in [0.4, 0.5) is 5.69 Å². The van der Waals surface area contributed by atoms with Gasteiger partial charge in [-0.2, -0.15) is 4.98 Å². The van der Waals surface area contributed by atoms with Gasteiger partial charge in [0.25, 0.3) is 5.56 Å². The van der Waals surface area contributed by atoms with Crippen LogP contribution in [0.15, 0.2) is 40.3 Å². The minimum absolute atomic E-state index is 0.167. The number of amides is 1. The number of aromatic nitrogens is 2. The van der Waals surface area contributed by atoms with Crippen LogP contribution in [0.1, 0.15) is 12.5 Å². The molecule has 1 amide bonds. The molecule has 6 nitrogen and oxygen atoms in total. The lowest BCUT2D eigenvalue weighted by Gasteiger charge is -2.11. The lowest BCUT2D eigenvalue weighted by Crippen LogP contribution is -2.23. The maximum absolute atomic E-state index is 12.2. The molecule has 1 aromatic heterocycles. The number of hydrogen-bond donors (Lipinski definition) is 2. The van der Waals surface area contributed by atoms with Gasteiger partial charge in [-0.3, -0.25) is 9.59 Å². The van der Waals surface area contributed by atoms with Crippen molar-refractivity contribution >= 4 is 23.4 Å². The van der Waals surface area contributed by atoms with E-state index >= 15 is 0 Å². The average molecular weight is 319 g/mol. The average Bonchev–Trinajstić information content (AvgIpc) is 2.48. The molecule has 2 N–H and O–H groups in total. The molecule has 0 saturated heterocycles. The Bertz CT molecular complexity index is 713. The van der Waals surface area contributed by atoms with Gasteiger partial charge < -0.3 is 15.0 Å². The van der Waals surface area contributed by atoms with Crippen molar-refractivity contribution in [2.45, 2.75) is 24.3 Å². The molecule has 0 aliphatic rings. The van der Waals surface area contributed by atoms with Gasteiger partial charge in [0.15, 0.2) is 5.16 Å². The van der Waals surface area contributed by atoms with E-state index < -0.39 is 5.25 Å². The molecule has 116 valence electrons. The number of ether oxygens (including phenoxy) is 1. The number of H-pyrrole nitrogens is 1. The summed E-state index contributed by atoms with van der Waals surface area (Å²) >= 11 is 1.16. The molecule has 0 aliphatic heterocycles. The van der Waals surface area contributed by atoms with Crippen LogP contribution in [-0.2, 0) is 4.79 Å². The molecule has 1 aromatic carbocycles. The number of hydrogen-bond acceptors (Lipinski definition) is 5. The van der Waals surface area contributed by atoms with E-state index in [2.05, 4.69) is 15.3 Å². The van der Waals surface area contributed by atoms with Crippen LogP contribution >= 0.6 is 11.8 Å². The van der Waals surface area contributed by atoms with E-state index in [0.29, 0.717) is 5.16 Å². The molecule has 2 rings (SSSR count). The third-order valence-electron chi connectivity index (χ3n) is 2.88. The SMILES string of the molecule is COc1cc(=O)[nH]c(S[C@@H](C)C(=O)Nc2ccc(C)cc2)n1. The molecule has 2 aromatic rings. The van der Waals surface area contributed by atoms with E-state index in [1.165, 1.54) is 13.2 Å². The summed E-state index contributed by atoms with van der Waals surface area (Å²) in [7, 11) is 1.43. The van der Waals surface area contributed by atoms with Crippen LogP contribution in [-0.4, -0.2) is 28.2 Å². The van der Waals surface area contributed by atoms with Gasteiger partial charge in [0.2, 0.25) is 11.8 Å². The molecular formula is C15H17N3O3S. The van der Waals surface area contributed by atoms with Crippen molar-refractivity contribution in [2.75, 3.05) is 12.4 Å². The van der Waals surface area contributed by atoms with Gasteiger partial charge in [0.1, 0.15) is 0 Å². The first kappa shape index (κ1) is 16.1. The third-order valence-corrected chi connectivity index (χ3v) is 3.87. The Morgan fingerprint density at radius 2 is 2.05 bits per heavy atom. The Labute approximate surface area is 132 Å². The standard InChI is InChI=1S/C15H17N3O3S/c1-9-4-6-11(7-5-9)16-14(20)10(2)22-15-17-12(19)8-13(18-15)21-3/h4-8,10H,1-3H3,(H,16,20)(H,17,18,19)/t10-/m0/s1. The van der Waals surface area contributed by atoms with Gasteiger partial charge in [0, 0.05) is 5.69 Å². The van der Waals surface area contributed by atoms with Crippen LogP contribution in [0.25, 0.3) is 0 Å². The zero-order chi connectivity index (χ0) is 16.1. The Morgan fingerprint density at radius 3 is 2.68 bits per heavy atom. The smallest absolute Gasteiger partial charge is 0.255 e. The lowest BCUT2D eigenvalue weighted by molar-refractivity contribution is -0.115. The van der Waals surface area contributed by atoms with Crippen molar-refractivity contribution < 1.29 is 9.53 Å². The summed E-state index contributed by atoms with van der Waals surface area (Å²) < 4.78 is 4.94. The highest BCUT2D eigenvalue weighted by molar-refractivity contribution is 8.00. The van der Waals surface area contributed by atoms with E-state index in [4.69, 9.17) is 4.74 Å². The van der Waals surface area contributed by atoms with Crippen molar-refractivity contribution in [3.63, 3.8) is 0 Å². The van der Waals surface area contributed by atoms with Gasteiger partial charge in [-0.15, -0.1) is 0 Å². The number of carbonyl (C=O) groups excluding carboxylic acids is 1. The van der Waals surface area contributed by atoms with Crippen molar-refractivity contribution in [3.05, 3.63) is 46.2 Å². The van der Waals surface area contributed by atoms with E-state index in [9.17, 15) is 9.59 Å². The van der Waals surface area contributed by atoms with Crippen molar-refractivity contribution in [3.8, 4) is 5.88 Å². The van der Waals surface area contributed by atoms with E-state index in [-0.39, 0.29) is 17.3 Å². The number of methoxy groups -OCH3 is 1. The Kier molecular flexibility index (Phi) is 5.21. The summed E-state index contributed by atoms with van der Waals surface area (Å²) in [5.41, 5.74) is 1.54. The van der Waals surface area contributed by atoms with E-state index in [0.717, 1.165) is 23.0 Å². The Hall–Kier alpha value is -2.28. The number of rotatable bonds is 5. The highest BCUT2D eigenvalue weighted by Crippen LogP contribution is 2.21. The van der Waals surface area contributed by atoms with Crippen molar-refractivity contribution in [2.24, 2.45) is 0 Å². The molecule has 0 bridgehead atoms. The molecule has 0 radical (unpaired) electrons. The number of thioether (sulfide) groups is 1. The minimum atomic E-state index is -0.420. The van der Waals surface area contributed by atoms with Crippen molar-refractivity contribution in [1.29, 1.82) is 0 Å². The predicted octanol–water partition coefficient (Wildman–Crippen LogP) is 2.21. The minimum Gasteiger partial charge on any atom is -0.481 e. The number of aromatic amines is 1. The summed E-state index contributed by atoms with van der Waals surface area (Å²) in [6.45, 7) is 3.72. The first-order chi connectivity index (χ1) is 10.5. The largest absolute Gasteiger partial charge is 0.481 e. The van der Waals surface area contributed by atoms with Gasteiger partial charge in [0.05, 0.1) is 18.4 Å². The number of aryl methyl sites for hydroxylation is 1. The molecule has 0 aliphatic carbocycles. The molecule has 0 spiro atoms. The maximum Gasteiger partial charge on any atom is 0.255 e. The first-order valence-corrected chi connectivity index (χ1v) is 7.55. The molecule has 22 heavy (non-hydrogen) atoms. The normalized spacial score (nSPS) is 11.8. The molecule has 1 heterocycles. The topological polar surface area (TPSA) is 84.1 Å². The number of carbonyl (C=O) groups is 1. The van der Waals surface area contributed by atoms with E-state index in [1.54, 1.807) is 6.92 Å². The molecule has 0 saturated carbocycles. The molecule has 0 unspecified atom stereocenters. The van der Waals surface area contributed by atoms with Crippen LogP contribution < -0.4 is 15.6 Å². The summed E-state index contributed by atoms with van der Waals surface area (Å²) in [6.07, 6.45) is 0. The number of nitrogens with one attached hydrogen (secondary N) is 2. The van der Waals surface area contributed by atoms with Crippen LogP contribution in [0, 0.1) is 6.92 Å². The highest BCUT2D eigenvalue weighted by atomic mass is 32.2. The van der Waals surface area contributed by atoms with Crippen LogP contribution in [0.3, 0.4) is 0 Å². The zero-order valence-electron chi connectivity index (χ0n) is 12.5. The second kappa shape index (κ2) is 7.13. The molecule has 1 atom stereocenters. The fourth-order valence-electron chi connectivity index (χ4n) is 1.68. The highest BCUT2D eigenvalue weighted by Gasteiger charge is 2.16. The molecule has 7 heteroatoms. The summed E-state index contributed by atoms with van der Waals surface area (Å²) in [4.78, 5) is 30.3. The number of benzene rings is 1. The quantitative estimate of drug-likeness (QED) is 0.652. The number of anilines is 1. The summed E-state index contributed by atoms with van der Waals surface area (Å²) in [5, 5.41) is 2.75. The van der Waals surface area contributed by atoms with Crippen LogP contribution in [0.2, 0.25) is 0 Å². The second-order valence-electron chi connectivity index (χ2n) is 4.71. The van der Waals surface area contributed by atoms with Crippen molar-refractivity contribution in [1.82, 2.24) is 9.97 Å². The molecular weight excluding hydrogens is 302 g/mol. The van der Waals surface area contributed by atoms with Gasteiger partial charge in [-0.05, 0) is 26.0 Å². The fraction of sp³-hybridized carbons (Fsp3) is 0.267. The summed E-state index contributed by atoms with van der Waals surface area (Å²) in [6, 6.07) is 8.79. The van der Waals surface area contributed by atoms with Gasteiger partial charge >= 0.3 is 0 Å². The van der Waals surface area contributed by atoms with E-state index in [1.807, 2.05) is 31.2 Å². The van der Waals surface area contributed by atoms with Gasteiger partial charge in [-0.25, -0.2) is 0 Å². The van der Waals surface area contributed by atoms with Gasteiger partial charge in [-0.1, -0.05) is 29.5 Å². The first-order valence-electron chi connectivity index (χ1n) is 6.67. The molecule has 0 fully saturated rings. The Balaban J connectivity index is 2.03. The summed E-state index contributed by atoms with van der Waals surface area (Å²) in [5.74, 6) is 0.0525. The number of nitrogens with zero attached hydrogens (tertiary/aromatic N) is 1. The lowest BCUT2D eigenvalue weighted by atomic mass is 10.2. The maximum atomic E-state index is 12.2. The predicted molar refractivity (Wildman–Crippen MR) is 86.5 cm³/mol. The monoisotopic (exact) mass is 319 g/mol. The second-order valence-corrected chi connectivity index (χ2v) is 6.04. The van der Waals surface area contributed by atoms with Crippen LogP contribution in [0.5, 0.6) is 5.88 Å². The zero-order valence-corrected chi connectivity index (χ0v) is 13.4.